The van der Waals surface area contributed by atoms with Crippen LogP contribution in [0.5, 0.6) is 0 Å². The average Bonchev–Trinajstić information content (AvgIpc) is 3.03. The van der Waals surface area contributed by atoms with Crippen LogP contribution in [-0.2, 0) is 25.7 Å². The van der Waals surface area contributed by atoms with Gasteiger partial charge < -0.3 is 25.4 Å². The van der Waals surface area contributed by atoms with Crippen molar-refractivity contribution in [2.45, 2.75) is 46.8 Å². The van der Waals surface area contributed by atoms with Crippen molar-refractivity contribution in [1.29, 1.82) is 0 Å². The predicted molar refractivity (Wildman–Crippen MR) is 174 cm³/mol. The molecule has 244 valence electrons. The van der Waals surface area contributed by atoms with Gasteiger partial charge in [0.1, 0.15) is 12.6 Å². The molecular weight excluding hydrogens is 608 g/mol. The van der Waals surface area contributed by atoms with Gasteiger partial charge in [0.2, 0.25) is 0 Å². The molecule has 3 N–H and O–H groups in total. The number of benzene rings is 4. The van der Waals surface area contributed by atoms with Crippen molar-refractivity contribution in [3.8, 4) is 11.1 Å². The first-order valence-electron chi connectivity index (χ1n) is 14.9. The summed E-state index contributed by atoms with van der Waals surface area (Å²) in [4.78, 5) is 52.4. The summed E-state index contributed by atoms with van der Waals surface area (Å²) >= 11 is 0. The molecule has 3 amide bonds. The second kappa shape index (κ2) is 15.6. The number of amides is 3. The highest BCUT2D eigenvalue weighted by atomic mass is 19.2. The third kappa shape index (κ3) is 9.23. The second-order valence-electron chi connectivity index (χ2n) is 10.9. The standard InChI is InChI=1S/C36H35F2N3O6/c1-5-46-32(42)19-31(35(44)47-20-24-9-7-6-8-10-24)39-34(43)27-13-11-26(25-12-14-28(37)29(38)17-25)18-30(27)40-36(45)41-33-22(3)15-21(2)16-23(33)4/h6-18,31H,5,19-20H2,1-4H3,(H,39,43)(H2,40,41,45)/t31-/m0/s1. The van der Waals surface area contributed by atoms with Gasteiger partial charge in [-0.25, -0.2) is 18.4 Å². The molecule has 0 saturated heterocycles. The van der Waals surface area contributed by atoms with E-state index >= 15 is 0 Å². The van der Waals surface area contributed by atoms with E-state index in [0.717, 1.165) is 28.8 Å². The molecule has 0 unspecified atom stereocenters. The zero-order valence-corrected chi connectivity index (χ0v) is 26.4. The highest BCUT2D eigenvalue weighted by Crippen LogP contribution is 2.28. The van der Waals surface area contributed by atoms with Crippen LogP contribution in [0.1, 0.15) is 46.0 Å². The molecule has 0 fully saturated rings. The van der Waals surface area contributed by atoms with E-state index in [-0.39, 0.29) is 30.0 Å². The van der Waals surface area contributed by atoms with Crippen LogP contribution in [0.2, 0.25) is 0 Å². The zero-order chi connectivity index (χ0) is 34.1. The maximum absolute atomic E-state index is 14.1. The molecule has 0 aliphatic carbocycles. The van der Waals surface area contributed by atoms with Crippen LogP contribution in [0.25, 0.3) is 11.1 Å². The average molecular weight is 644 g/mol. The summed E-state index contributed by atoms with van der Waals surface area (Å²) in [5.74, 6) is -4.52. The van der Waals surface area contributed by atoms with E-state index in [2.05, 4.69) is 16.0 Å². The summed E-state index contributed by atoms with van der Waals surface area (Å²) in [6.07, 6.45) is -0.505. The number of anilines is 2. The van der Waals surface area contributed by atoms with Crippen molar-refractivity contribution in [3.63, 3.8) is 0 Å². The third-order valence-corrected chi connectivity index (χ3v) is 7.17. The maximum Gasteiger partial charge on any atom is 0.329 e. The summed E-state index contributed by atoms with van der Waals surface area (Å²) in [7, 11) is 0. The van der Waals surface area contributed by atoms with Crippen LogP contribution in [0.4, 0.5) is 25.0 Å². The van der Waals surface area contributed by atoms with E-state index in [1.165, 1.54) is 24.3 Å². The number of rotatable bonds is 11. The topological polar surface area (TPSA) is 123 Å². The van der Waals surface area contributed by atoms with Crippen molar-refractivity contribution in [2.75, 3.05) is 17.2 Å². The molecule has 0 heterocycles. The monoisotopic (exact) mass is 643 g/mol. The lowest BCUT2D eigenvalue weighted by molar-refractivity contribution is -0.153. The van der Waals surface area contributed by atoms with Crippen molar-refractivity contribution in [1.82, 2.24) is 5.32 Å². The number of carbonyl (C=O) groups excluding carboxylic acids is 4. The first-order valence-corrected chi connectivity index (χ1v) is 14.9. The van der Waals surface area contributed by atoms with Gasteiger partial charge in [0, 0.05) is 5.69 Å². The summed E-state index contributed by atoms with van der Waals surface area (Å²) in [5.41, 5.74) is 4.51. The first kappa shape index (κ1) is 34.3. The Bertz CT molecular complexity index is 1770. The number of esters is 2. The minimum atomic E-state index is -1.42. The van der Waals surface area contributed by atoms with Crippen molar-refractivity contribution in [3.05, 3.63) is 118 Å². The Hall–Kier alpha value is -5.58. The summed E-state index contributed by atoms with van der Waals surface area (Å²) < 4.78 is 38.1. The van der Waals surface area contributed by atoms with Crippen LogP contribution < -0.4 is 16.0 Å². The lowest BCUT2D eigenvalue weighted by Gasteiger charge is -2.19. The Morgan fingerprint density at radius 2 is 1.43 bits per heavy atom. The summed E-state index contributed by atoms with van der Waals surface area (Å²) in [6, 6.07) is 18.2. The lowest BCUT2D eigenvalue weighted by Crippen LogP contribution is -2.43. The largest absolute Gasteiger partial charge is 0.466 e. The van der Waals surface area contributed by atoms with Crippen LogP contribution in [0.15, 0.2) is 78.9 Å². The molecule has 1 atom stereocenters. The van der Waals surface area contributed by atoms with Crippen molar-refractivity contribution in [2.24, 2.45) is 0 Å². The predicted octanol–water partition coefficient (Wildman–Crippen LogP) is 7.00. The van der Waals surface area contributed by atoms with Crippen molar-refractivity contribution >= 4 is 35.3 Å². The molecule has 0 aliphatic rings. The Kier molecular flexibility index (Phi) is 11.4. The molecule has 0 bridgehead atoms. The molecule has 4 rings (SSSR count). The Balaban J connectivity index is 1.64. The van der Waals surface area contributed by atoms with Crippen LogP contribution in [-0.4, -0.2) is 36.5 Å². The van der Waals surface area contributed by atoms with Gasteiger partial charge in [-0.2, -0.15) is 0 Å². The van der Waals surface area contributed by atoms with Crippen LogP contribution >= 0.6 is 0 Å². The molecule has 4 aromatic carbocycles. The van der Waals surface area contributed by atoms with Gasteiger partial charge in [-0.15, -0.1) is 0 Å². The van der Waals surface area contributed by atoms with Crippen LogP contribution in [0, 0.1) is 32.4 Å². The number of hydrogen-bond donors (Lipinski definition) is 3. The first-order chi connectivity index (χ1) is 22.4. The van der Waals surface area contributed by atoms with E-state index in [0.29, 0.717) is 16.8 Å². The van der Waals surface area contributed by atoms with Crippen LogP contribution in [0.3, 0.4) is 0 Å². The molecule has 47 heavy (non-hydrogen) atoms. The van der Waals surface area contributed by atoms with E-state index in [9.17, 15) is 28.0 Å². The Morgan fingerprint density at radius 3 is 2.09 bits per heavy atom. The van der Waals surface area contributed by atoms with E-state index < -0.39 is 48.0 Å². The molecule has 0 spiro atoms. The minimum absolute atomic E-state index is 0.00260. The molecule has 9 nitrogen and oxygen atoms in total. The van der Waals surface area contributed by atoms with Gasteiger partial charge in [-0.3, -0.25) is 9.59 Å². The molecule has 0 saturated carbocycles. The van der Waals surface area contributed by atoms with E-state index in [1.807, 2.05) is 39.0 Å². The summed E-state index contributed by atoms with van der Waals surface area (Å²) in [5, 5.41) is 8.00. The number of nitrogens with one attached hydrogen (secondary N) is 3. The van der Waals surface area contributed by atoms with E-state index in [4.69, 9.17) is 9.47 Å². The SMILES string of the molecule is CCOC(=O)C[C@H](NC(=O)c1ccc(-c2ccc(F)c(F)c2)cc1NC(=O)Nc1c(C)cc(C)cc1C)C(=O)OCc1ccccc1. The third-order valence-electron chi connectivity index (χ3n) is 7.17. The maximum atomic E-state index is 14.1. The zero-order valence-electron chi connectivity index (χ0n) is 26.4. The second-order valence-corrected chi connectivity index (χ2v) is 10.9. The normalized spacial score (nSPS) is 11.3. The quantitative estimate of drug-likeness (QED) is 0.151. The number of urea groups is 1. The highest BCUT2D eigenvalue weighted by Gasteiger charge is 2.28. The Morgan fingerprint density at radius 1 is 0.766 bits per heavy atom. The number of carbonyl (C=O) groups is 4. The van der Waals surface area contributed by atoms with Gasteiger partial charge in [-0.1, -0.05) is 60.2 Å². The number of aryl methyl sites for hydroxylation is 3. The molecule has 0 aliphatic heterocycles. The number of hydrogen-bond acceptors (Lipinski definition) is 6. The van der Waals surface area contributed by atoms with Gasteiger partial charge in [-0.05, 0) is 79.8 Å². The van der Waals surface area contributed by atoms with Crippen molar-refractivity contribution < 1.29 is 37.4 Å². The van der Waals surface area contributed by atoms with Gasteiger partial charge in [0.05, 0.1) is 24.3 Å². The molecule has 0 aromatic heterocycles. The molecule has 4 aromatic rings. The van der Waals surface area contributed by atoms with E-state index in [1.54, 1.807) is 31.2 Å². The smallest absolute Gasteiger partial charge is 0.329 e. The number of halogens is 2. The lowest BCUT2D eigenvalue weighted by atomic mass is 10.0. The van der Waals surface area contributed by atoms with Gasteiger partial charge in [0.25, 0.3) is 5.91 Å². The van der Waals surface area contributed by atoms with Gasteiger partial charge >= 0.3 is 18.0 Å². The minimum Gasteiger partial charge on any atom is -0.466 e. The highest BCUT2D eigenvalue weighted by molar-refractivity contribution is 6.08. The fourth-order valence-electron chi connectivity index (χ4n) is 4.99. The van der Waals surface area contributed by atoms with Gasteiger partial charge in [0.15, 0.2) is 11.6 Å². The molecular formula is C36H35F2N3O6. The summed E-state index contributed by atoms with van der Waals surface area (Å²) in [6.45, 7) is 7.20. The molecule has 11 heteroatoms. The fourth-order valence-corrected chi connectivity index (χ4v) is 4.99. The fraction of sp³-hybridized carbons (Fsp3) is 0.222. The number of ether oxygens (including phenoxy) is 2. The molecule has 0 radical (unpaired) electrons. The Labute approximate surface area is 271 Å².